The van der Waals surface area contributed by atoms with Crippen LogP contribution in [0.25, 0.3) is 16.7 Å². The van der Waals surface area contributed by atoms with Crippen LogP contribution < -0.4 is 5.69 Å². The summed E-state index contributed by atoms with van der Waals surface area (Å²) in [4.78, 5) is 13.4. The van der Waals surface area contributed by atoms with Gasteiger partial charge in [-0.05, 0) is 36.2 Å². The van der Waals surface area contributed by atoms with E-state index in [0.717, 1.165) is 5.56 Å². The minimum Gasteiger partial charge on any atom is -0.281 e. The molecule has 0 bridgehead atoms. The fraction of sp³-hybridized carbons (Fsp3) is 0.136. The standard InChI is InChI=1S/C22H17ClF2N2O/c23-14-13-18(15-7-2-1-3-8-15)27-21-17(25)10-6-12-20(21)26(22(27)28)19-11-5-4-9-16(19)24/h1-12,18H,13-14H2/t18-/m1/s1. The lowest BCUT2D eigenvalue weighted by atomic mass is 10.0. The van der Waals surface area contributed by atoms with Crippen LogP contribution in [-0.4, -0.2) is 15.0 Å². The summed E-state index contributed by atoms with van der Waals surface area (Å²) in [6.45, 7) is 0. The molecule has 0 aliphatic rings. The summed E-state index contributed by atoms with van der Waals surface area (Å²) in [5.74, 6) is -0.811. The summed E-state index contributed by atoms with van der Waals surface area (Å²) in [5, 5.41) is 0. The number of aromatic nitrogens is 2. The first-order valence-electron chi connectivity index (χ1n) is 8.90. The van der Waals surface area contributed by atoms with E-state index < -0.39 is 23.4 Å². The Labute approximate surface area is 165 Å². The molecule has 0 fully saturated rings. The van der Waals surface area contributed by atoms with Crippen LogP contribution in [0.4, 0.5) is 8.78 Å². The van der Waals surface area contributed by atoms with Gasteiger partial charge in [0.1, 0.15) is 17.2 Å². The van der Waals surface area contributed by atoms with Crippen LogP contribution in [0.2, 0.25) is 0 Å². The molecule has 0 saturated carbocycles. The summed E-state index contributed by atoms with van der Waals surface area (Å²) in [6.07, 6.45) is 0.427. The topological polar surface area (TPSA) is 26.9 Å². The Balaban J connectivity index is 2.08. The number of hydrogen-bond acceptors (Lipinski definition) is 1. The zero-order valence-electron chi connectivity index (χ0n) is 14.9. The number of fused-ring (bicyclic) bond motifs is 1. The van der Waals surface area contributed by atoms with E-state index in [0.29, 0.717) is 11.9 Å². The van der Waals surface area contributed by atoms with Crippen molar-refractivity contribution >= 4 is 22.6 Å². The second-order valence-electron chi connectivity index (χ2n) is 6.45. The van der Waals surface area contributed by atoms with Gasteiger partial charge < -0.3 is 0 Å². The summed E-state index contributed by atoms with van der Waals surface area (Å²) < 4.78 is 32.0. The summed E-state index contributed by atoms with van der Waals surface area (Å²) in [7, 11) is 0. The number of alkyl halides is 1. The van der Waals surface area contributed by atoms with Gasteiger partial charge in [-0.25, -0.2) is 13.6 Å². The Bertz CT molecular complexity index is 1180. The maximum atomic E-state index is 14.9. The van der Waals surface area contributed by atoms with Gasteiger partial charge in [-0.3, -0.25) is 9.13 Å². The second-order valence-corrected chi connectivity index (χ2v) is 6.83. The van der Waals surface area contributed by atoms with E-state index in [-0.39, 0.29) is 17.1 Å². The molecule has 4 rings (SSSR count). The molecule has 142 valence electrons. The smallest absolute Gasteiger partial charge is 0.281 e. The van der Waals surface area contributed by atoms with E-state index in [1.54, 1.807) is 18.2 Å². The third kappa shape index (κ3) is 3.02. The Morgan fingerprint density at radius 3 is 2.25 bits per heavy atom. The van der Waals surface area contributed by atoms with Gasteiger partial charge in [0.15, 0.2) is 0 Å². The molecule has 0 aliphatic heterocycles. The van der Waals surface area contributed by atoms with Crippen molar-refractivity contribution in [3.05, 3.63) is 100 Å². The van der Waals surface area contributed by atoms with Crippen LogP contribution in [0, 0.1) is 11.6 Å². The Kier molecular flexibility index (Phi) is 5.01. The summed E-state index contributed by atoms with van der Waals surface area (Å²) in [6, 6.07) is 19.2. The van der Waals surface area contributed by atoms with Gasteiger partial charge in [-0.1, -0.05) is 48.5 Å². The van der Waals surface area contributed by atoms with Gasteiger partial charge in [0.25, 0.3) is 0 Å². The Morgan fingerprint density at radius 1 is 0.857 bits per heavy atom. The first-order chi connectivity index (χ1) is 13.6. The quantitative estimate of drug-likeness (QED) is 0.420. The van der Waals surface area contributed by atoms with E-state index >= 15 is 0 Å². The third-order valence-electron chi connectivity index (χ3n) is 4.82. The lowest BCUT2D eigenvalue weighted by Gasteiger charge is -2.18. The van der Waals surface area contributed by atoms with Crippen molar-refractivity contribution in [3.8, 4) is 5.69 Å². The van der Waals surface area contributed by atoms with Crippen molar-refractivity contribution in [1.29, 1.82) is 0 Å². The molecule has 3 nitrogen and oxygen atoms in total. The maximum Gasteiger partial charge on any atom is 0.334 e. The van der Waals surface area contributed by atoms with Gasteiger partial charge in [0.2, 0.25) is 0 Å². The fourth-order valence-electron chi connectivity index (χ4n) is 3.61. The molecule has 0 N–H and O–H groups in total. The second kappa shape index (κ2) is 7.60. The number of rotatable bonds is 5. The highest BCUT2D eigenvalue weighted by atomic mass is 35.5. The molecule has 4 aromatic rings. The molecule has 0 saturated heterocycles. The highest BCUT2D eigenvalue weighted by molar-refractivity contribution is 6.17. The molecule has 0 aliphatic carbocycles. The minimum atomic E-state index is -0.554. The van der Waals surface area contributed by atoms with E-state index in [2.05, 4.69) is 0 Å². The average Bonchev–Trinajstić information content (AvgIpc) is 3.00. The molecule has 0 unspecified atom stereocenters. The average molecular weight is 399 g/mol. The fourth-order valence-corrected chi connectivity index (χ4v) is 3.81. The van der Waals surface area contributed by atoms with Crippen LogP contribution in [0.5, 0.6) is 0 Å². The predicted molar refractivity (Wildman–Crippen MR) is 107 cm³/mol. The third-order valence-corrected chi connectivity index (χ3v) is 5.03. The number of halogens is 3. The monoisotopic (exact) mass is 398 g/mol. The zero-order chi connectivity index (χ0) is 19.7. The molecule has 3 aromatic carbocycles. The molecule has 1 aromatic heterocycles. The normalized spacial score (nSPS) is 12.4. The van der Waals surface area contributed by atoms with Crippen molar-refractivity contribution in [2.45, 2.75) is 12.5 Å². The van der Waals surface area contributed by atoms with Gasteiger partial charge in [-0.15, -0.1) is 11.6 Å². The van der Waals surface area contributed by atoms with Gasteiger partial charge in [0, 0.05) is 5.88 Å². The molecular weight excluding hydrogens is 382 g/mol. The van der Waals surface area contributed by atoms with Crippen LogP contribution >= 0.6 is 11.6 Å². The lowest BCUT2D eigenvalue weighted by molar-refractivity contribution is 0.545. The van der Waals surface area contributed by atoms with Crippen molar-refractivity contribution in [1.82, 2.24) is 9.13 Å². The predicted octanol–water partition coefficient (Wildman–Crippen LogP) is 5.29. The summed E-state index contributed by atoms with van der Waals surface area (Å²) >= 11 is 6.01. The Hall–Kier alpha value is -2.92. The van der Waals surface area contributed by atoms with E-state index in [1.807, 2.05) is 30.3 Å². The van der Waals surface area contributed by atoms with E-state index in [1.165, 1.54) is 33.4 Å². The number of benzene rings is 3. The molecule has 6 heteroatoms. The number of imidazole rings is 1. The van der Waals surface area contributed by atoms with Crippen molar-refractivity contribution in [3.63, 3.8) is 0 Å². The number of nitrogens with zero attached hydrogens (tertiary/aromatic N) is 2. The molecule has 1 atom stereocenters. The first kappa shape index (κ1) is 18.4. The van der Waals surface area contributed by atoms with Gasteiger partial charge >= 0.3 is 5.69 Å². The lowest BCUT2D eigenvalue weighted by Crippen LogP contribution is -2.28. The van der Waals surface area contributed by atoms with Crippen molar-refractivity contribution in [2.24, 2.45) is 0 Å². The minimum absolute atomic E-state index is 0.0829. The van der Waals surface area contributed by atoms with Crippen LogP contribution in [0.3, 0.4) is 0 Å². The summed E-state index contributed by atoms with van der Waals surface area (Å²) in [5.41, 5.74) is 0.852. The van der Waals surface area contributed by atoms with Crippen LogP contribution in [0.15, 0.2) is 77.6 Å². The number of para-hydroxylation sites is 2. The zero-order valence-corrected chi connectivity index (χ0v) is 15.6. The maximum absolute atomic E-state index is 14.9. The Morgan fingerprint density at radius 2 is 1.54 bits per heavy atom. The van der Waals surface area contributed by atoms with Gasteiger partial charge in [-0.2, -0.15) is 0 Å². The SMILES string of the molecule is O=c1n(-c2ccccc2F)c2cccc(F)c2n1[C@H](CCCl)c1ccccc1. The molecule has 0 spiro atoms. The highest BCUT2D eigenvalue weighted by Gasteiger charge is 2.25. The molecule has 1 heterocycles. The molecule has 0 amide bonds. The van der Waals surface area contributed by atoms with Crippen LogP contribution in [0.1, 0.15) is 18.0 Å². The molecule has 28 heavy (non-hydrogen) atoms. The van der Waals surface area contributed by atoms with Gasteiger partial charge in [0.05, 0.1) is 17.2 Å². The van der Waals surface area contributed by atoms with Crippen molar-refractivity contribution < 1.29 is 8.78 Å². The van der Waals surface area contributed by atoms with Crippen LogP contribution in [-0.2, 0) is 0 Å². The first-order valence-corrected chi connectivity index (χ1v) is 9.44. The van der Waals surface area contributed by atoms with E-state index in [9.17, 15) is 13.6 Å². The largest absolute Gasteiger partial charge is 0.334 e. The molecular formula is C22H17ClF2N2O. The number of hydrogen-bond donors (Lipinski definition) is 0. The van der Waals surface area contributed by atoms with Crippen molar-refractivity contribution in [2.75, 3.05) is 5.88 Å². The van der Waals surface area contributed by atoms with E-state index in [4.69, 9.17) is 11.6 Å². The molecule has 0 radical (unpaired) electrons. The highest BCUT2D eigenvalue weighted by Crippen LogP contribution is 2.29.